The van der Waals surface area contributed by atoms with Crippen LogP contribution in [0.15, 0.2) is 35.4 Å². The molecule has 3 rings (SSSR count). The van der Waals surface area contributed by atoms with Crippen LogP contribution in [0.3, 0.4) is 0 Å². The van der Waals surface area contributed by atoms with Gasteiger partial charge in [0, 0.05) is 64.0 Å². The van der Waals surface area contributed by atoms with Gasteiger partial charge in [0.1, 0.15) is 0 Å². The Morgan fingerprint density at radius 1 is 1.30 bits per heavy atom. The van der Waals surface area contributed by atoms with Crippen LogP contribution >= 0.6 is 0 Å². The predicted octanol–water partition coefficient (Wildman–Crippen LogP) is 3.26. The molecule has 0 saturated carbocycles. The Hall–Kier alpha value is -0.836. The van der Waals surface area contributed by atoms with E-state index in [1.54, 1.807) is 29.1 Å². The summed E-state index contributed by atoms with van der Waals surface area (Å²) in [5.41, 5.74) is 2.02. The number of hydrogen-bond donors (Lipinski definition) is 0. The standard InChI is InChI=1S/C16H17N2O2.C2H6.Y/c1-12-2-3-15(17-11-12)18-7-4-14(10-16(18)19)13-5-8-20-9-6-13;1-2;/h3-4,7,10-11,13H,5-6,8-9H2,1H3;1-2H3;/q-1;;. The van der Waals surface area contributed by atoms with Gasteiger partial charge in [0.2, 0.25) is 5.56 Å². The molecule has 0 N–H and O–H groups in total. The molecule has 23 heavy (non-hydrogen) atoms. The fraction of sp³-hybridized carbons (Fsp3) is 0.444. The molecule has 1 aliphatic heterocycles. The Labute approximate surface area is 163 Å². The molecule has 0 spiro atoms. The van der Waals surface area contributed by atoms with Gasteiger partial charge in [0.05, 0.1) is 0 Å². The van der Waals surface area contributed by atoms with Crippen LogP contribution in [0.2, 0.25) is 0 Å². The molecule has 0 aliphatic carbocycles. The molecule has 2 aromatic heterocycles. The summed E-state index contributed by atoms with van der Waals surface area (Å²) >= 11 is 0. The maximum atomic E-state index is 12.2. The summed E-state index contributed by atoms with van der Waals surface area (Å²) in [6.45, 7) is 7.48. The van der Waals surface area contributed by atoms with Gasteiger partial charge >= 0.3 is 0 Å². The van der Waals surface area contributed by atoms with Crippen molar-refractivity contribution in [1.29, 1.82) is 0 Å². The van der Waals surface area contributed by atoms with Crippen molar-refractivity contribution in [2.45, 2.75) is 39.5 Å². The van der Waals surface area contributed by atoms with E-state index in [-0.39, 0.29) is 38.3 Å². The fourth-order valence-corrected chi connectivity index (χ4v) is 2.52. The van der Waals surface area contributed by atoms with E-state index in [4.69, 9.17) is 4.74 Å². The maximum absolute atomic E-state index is 12.2. The van der Waals surface area contributed by atoms with Crippen LogP contribution in [-0.2, 0) is 37.4 Å². The van der Waals surface area contributed by atoms with Gasteiger partial charge in [-0.3, -0.25) is 4.79 Å². The molecule has 0 bridgehead atoms. The molecule has 1 saturated heterocycles. The van der Waals surface area contributed by atoms with Crippen LogP contribution < -0.4 is 5.56 Å². The molecule has 121 valence electrons. The number of aromatic nitrogens is 2. The Morgan fingerprint density at radius 3 is 2.57 bits per heavy atom. The van der Waals surface area contributed by atoms with Crippen molar-refractivity contribution in [3.05, 3.63) is 58.1 Å². The Bertz CT molecular complexity index is 647. The summed E-state index contributed by atoms with van der Waals surface area (Å²) < 4.78 is 6.91. The number of nitrogens with zero attached hydrogens (tertiary/aromatic N) is 2. The first-order valence-electron chi connectivity index (χ1n) is 7.89. The monoisotopic (exact) mass is 388 g/mol. The van der Waals surface area contributed by atoms with E-state index < -0.39 is 0 Å². The SMILES string of the molecule is CC.Cc1[c-]cc(-n2ccc(C3CCOCC3)cc2=O)nc1.[Y]. The molecule has 4 nitrogen and oxygen atoms in total. The van der Waals surface area contributed by atoms with Crippen LogP contribution in [0.5, 0.6) is 0 Å². The van der Waals surface area contributed by atoms with Crippen molar-refractivity contribution in [3.8, 4) is 5.82 Å². The smallest absolute Gasteiger partial charge is 0.245 e. The minimum Gasteiger partial charge on any atom is -0.381 e. The van der Waals surface area contributed by atoms with Crippen LogP contribution in [-0.4, -0.2) is 22.8 Å². The third-order valence-corrected chi connectivity index (χ3v) is 3.70. The van der Waals surface area contributed by atoms with Gasteiger partial charge in [-0.1, -0.05) is 27.0 Å². The Kier molecular flexibility index (Phi) is 8.89. The molecule has 0 atom stereocenters. The first-order chi connectivity index (χ1) is 10.7. The van der Waals surface area contributed by atoms with Gasteiger partial charge in [0.15, 0.2) is 0 Å². The van der Waals surface area contributed by atoms with Crippen molar-refractivity contribution >= 4 is 0 Å². The van der Waals surface area contributed by atoms with Crippen molar-refractivity contribution in [3.63, 3.8) is 0 Å². The molecule has 2 aromatic rings. The fourth-order valence-electron chi connectivity index (χ4n) is 2.52. The summed E-state index contributed by atoms with van der Waals surface area (Å²) in [5.74, 6) is 1.04. The van der Waals surface area contributed by atoms with Crippen LogP contribution in [0.25, 0.3) is 5.82 Å². The summed E-state index contributed by atoms with van der Waals surface area (Å²) in [5, 5.41) is 0. The molecule has 1 fully saturated rings. The summed E-state index contributed by atoms with van der Waals surface area (Å²) in [4.78, 5) is 16.5. The molecule has 0 aromatic carbocycles. The third-order valence-electron chi connectivity index (χ3n) is 3.70. The second kappa shape index (κ2) is 10.1. The summed E-state index contributed by atoms with van der Waals surface area (Å²) in [6.07, 6.45) is 5.49. The number of hydrogen-bond acceptors (Lipinski definition) is 3. The molecule has 1 aliphatic rings. The number of rotatable bonds is 2. The van der Waals surface area contributed by atoms with Crippen molar-refractivity contribution in [2.24, 2.45) is 0 Å². The van der Waals surface area contributed by atoms with Crippen LogP contribution in [0, 0.1) is 13.0 Å². The molecule has 5 heteroatoms. The van der Waals surface area contributed by atoms with Crippen LogP contribution in [0.1, 0.15) is 43.7 Å². The zero-order valence-corrected chi connectivity index (χ0v) is 16.9. The van der Waals surface area contributed by atoms with E-state index in [2.05, 4.69) is 11.1 Å². The average molecular weight is 388 g/mol. The van der Waals surface area contributed by atoms with Crippen molar-refractivity contribution in [2.75, 3.05) is 13.2 Å². The van der Waals surface area contributed by atoms with Gasteiger partial charge < -0.3 is 14.3 Å². The normalized spacial score (nSPS) is 14.4. The van der Waals surface area contributed by atoms with Gasteiger partial charge in [-0.05, 0) is 30.4 Å². The Morgan fingerprint density at radius 2 is 2.00 bits per heavy atom. The second-order valence-corrected chi connectivity index (χ2v) is 5.14. The summed E-state index contributed by atoms with van der Waals surface area (Å²) in [6, 6.07) is 8.54. The molecular formula is C18H23N2O2Y-. The first kappa shape index (κ1) is 20.2. The van der Waals surface area contributed by atoms with Crippen LogP contribution in [0.4, 0.5) is 0 Å². The van der Waals surface area contributed by atoms with E-state index in [1.807, 2.05) is 26.8 Å². The molecular weight excluding hydrogens is 365 g/mol. The molecule has 1 radical (unpaired) electrons. The minimum absolute atomic E-state index is 0. The average Bonchev–Trinajstić information content (AvgIpc) is 2.58. The van der Waals surface area contributed by atoms with Gasteiger partial charge in [-0.15, -0.1) is 11.6 Å². The minimum atomic E-state index is -0.0428. The van der Waals surface area contributed by atoms with E-state index in [9.17, 15) is 4.79 Å². The predicted molar refractivity (Wildman–Crippen MR) is 87.5 cm³/mol. The van der Waals surface area contributed by atoms with Crippen molar-refractivity contribution < 1.29 is 37.4 Å². The first-order valence-corrected chi connectivity index (χ1v) is 7.89. The van der Waals surface area contributed by atoms with E-state index >= 15 is 0 Å². The Balaban J connectivity index is 0.000000849. The molecule has 0 unspecified atom stereocenters. The quantitative estimate of drug-likeness (QED) is 0.742. The van der Waals surface area contributed by atoms with Gasteiger partial charge in [-0.2, -0.15) is 6.07 Å². The van der Waals surface area contributed by atoms with E-state index in [0.29, 0.717) is 11.7 Å². The number of aryl methyl sites for hydroxylation is 1. The third kappa shape index (κ3) is 5.34. The van der Waals surface area contributed by atoms with Gasteiger partial charge in [0.25, 0.3) is 0 Å². The zero-order chi connectivity index (χ0) is 15.9. The van der Waals surface area contributed by atoms with Gasteiger partial charge in [-0.25, -0.2) is 0 Å². The largest absolute Gasteiger partial charge is 0.381 e. The van der Waals surface area contributed by atoms with Crippen molar-refractivity contribution in [1.82, 2.24) is 9.55 Å². The molecule has 3 heterocycles. The number of ether oxygens (including phenoxy) is 1. The number of pyridine rings is 2. The topological polar surface area (TPSA) is 44.1 Å². The zero-order valence-electron chi connectivity index (χ0n) is 14.1. The second-order valence-electron chi connectivity index (χ2n) is 5.14. The van der Waals surface area contributed by atoms with E-state index in [1.165, 1.54) is 0 Å². The summed E-state index contributed by atoms with van der Waals surface area (Å²) in [7, 11) is 0. The van der Waals surface area contributed by atoms with E-state index in [0.717, 1.165) is 37.2 Å². The molecule has 0 amide bonds. The maximum Gasteiger partial charge on any atom is 0.245 e.